The molecular formula is C9H7ClO2S2. The average molecular weight is 247 g/mol. The molecule has 0 aliphatic carbocycles. The van der Waals surface area contributed by atoms with Gasteiger partial charge in [0.15, 0.2) is 0 Å². The van der Waals surface area contributed by atoms with Gasteiger partial charge in [-0.3, -0.25) is 0 Å². The van der Waals surface area contributed by atoms with Crippen molar-refractivity contribution in [2.75, 3.05) is 0 Å². The van der Waals surface area contributed by atoms with Crippen molar-refractivity contribution in [3.8, 4) is 0 Å². The highest BCUT2D eigenvalue weighted by Gasteiger charge is 2.15. The van der Waals surface area contributed by atoms with E-state index in [0.717, 1.165) is 15.0 Å². The molecule has 14 heavy (non-hydrogen) atoms. The predicted molar refractivity (Wildman–Crippen MR) is 59.6 cm³/mol. The number of rotatable bonds is 1. The minimum absolute atomic E-state index is 0.203. The summed E-state index contributed by atoms with van der Waals surface area (Å²) in [6.45, 7) is 1.94. The van der Waals surface area contributed by atoms with Gasteiger partial charge in [-0.1, -0.05) is 12.1 Å². The van der Waals surface area contributed by atoms with Crippen molar-refractivity contribution in [2.45, 2.75) is 11.8 Å². The topological polar surface area (TPSA) is 34.1 Å². The molecule has 0 atom stereocenters. The van der Waals surface area contributed by atoms with Crippen LogP contribution in [0.5, 0.6) is 0 Å². The lowest BCUT2D eigenvalue weighted by atomic mass is 10.2. The molecule has 0 saturated heterocycles. The second kappa shape index (κ2) is 3.22. The highest BCUT2D eigenvalue weighted by Crippen LogP contribution is 2.32. The Morgan fingerprint density at radius 3 is 2.71 bits per heavy atom. The van der Waals surface area contributed by atoms with E-state index in [1.165, 1.54) is 17.4 Å². The summed E-state index contributed by atoms with van der Waals surface area (Å²) < 4.78 is 23.2. The highest BCUT2D eigenvalue weighted by atomic mass is 35.7. The first-order valence-electron chi connectivity index (χ1n) is 3.92. The van der Waals surface area contributed by atoms with Crippen LogP contribution in [0, 0.1) is 6.92 Å². The molecule has 5 heteroatoms. The van der Waals surface area contributed by atoms with Gasteiger partial charge < -0.3 is 0 Å². The van der Waals surface area contributed by atoms with Crippen molar-refractivity contribution in [1.29, 1.82) is 0 Å². The quantitative estimate of drug-likeness (QED) is 0.725. The van der Waals surface area contributed by atoms with Crippen LogP contribution in [0.1, 0.15) is 4.88 Å². The smallest absolute Gasteiger partial charge is 0.207 e. The normalized spacial score (nSPS) is 12.1. The Kier molecular flexibility index (Phi) is 2.29. The molecule has 0 fully saturated rings. The van der Waals surface area contributed by atoms with E-state index < -0.39 is 9.05 Å². The summed E-state index contributed by atoms with van der Waals surface area (Å²) in [7, 11) is 1.69. The molecule has 1 aromatic heterocycles. The largest absolute Gasteiger partial charge is 0.262 e. The van der Waals surface area contributed by atoms with E-state index >= 15 is 0 Å². The Bertz CT molecular complexity index is 584. The molecule has 0 aliphatic rings. The van der Waals surface area contributed by atoms with Crippen LogP contribution in [0.15, 0.2) is 29.2 Å². The molecule has 0 saturated carbocycles. The van der Waals surface area contributed by atoms with Gasteiger partial charge >= 0.3 is 0 Å². The van der Waals surface area contributed by atoms with Crippen molar-refractivity contribution in [3.63, 3.8) is 0 Å². The van der Waals surface area contributed by atoms with Crippen molar-refractivity contribution in [3.05, 3.63) is 29.1 Å². The summed E-state index contributed by atoms with van der Waals surface area (Å²) in [6.07, 6.45) is 0. The van der Waals surface area contributed by atoms with Gasteiger partial charge in [-0.2, -0.15) is 0 Å². The second-order valence-corrected chi connectivity index (χ2v) is 6.76. The summed E-state index contributed by atoms with van der Waals surface area (Å²) in [5.41, 5.74) is 0. The summed E-state index contributed by atoms with van der Waals surface area (Å²) in [5, 5.41) is 0.925. The van der Waals surface area contributed by atoms with Crippen LogP contribution in [-0.4, -0.2) is 8.42 Å². The lowest BCUT2D eigenvalue weighted by molar-refractivity contribution is 0.610. The van der Waals surface area contributed by atoms with Crippen LogP contribution in [0.3, 0.4) is 0 Å². The second-order valence-electron chi connectivity index (χ2n) is 2.97. The Hall–Kier alpha value is -0.580. The molecule has 0 aliphatic heterocycles. The minimum atomic E-state index is -3.63. The van der Waals surface area contributed by atoms with E-state index in [0.29, 0.717) is 0 Å². The fourth-order valence-electron chi connectivity index (χ4n) is 1.36. The predicted octanol–water partition coefficient (Wildman–Crippen LogP) is 3.14. The van der Waals surface area contributed by atoms with E-state index in [4.69, 9.17) is 10.7 Å². The van der Waals surface area contributed by atoms with E-state index in [-0.39, 0.29) is 4.90 Å². The molecule has 2 aromatic rings. The van der Waals surface area contributed by atoms with Gasteiger partial charge in [0, 0.05) is 15.6 Å². The molecule has 2 rings (SSSR count). The number of thiophene rings is 1. The number of hydrogen-bond acceptors (Lipinski definition) is 3. The van der Waals surface area contributed by atoms with Crippen LogP contribution in [0.25, 0.3) is 10.1 Å². The van der Waals surface area contributed by atoms with Gasteiger partial charge in [-0.25, -0.2) is 8.42 Å². The maximum absolute atomic E-state index is 11.2. The van der Waals surface area contributed by atoms with Crippen LogP contribution in [0.2, 0.25) is 0 Å². The Morgan fingerprint density at radius 1 is 1.36 bits per heavy atom. The molecular weight excluding hydrogens is 240 g/mol. The number of fused-ring (bicyclic) bond motifs is 1. The zero-order chi connectivity index (χ0) is 10.3. The molecule has 0 bridgehead atoms. The molecule has 0 spiro atoms. The SMILES string of the molecule is Cc1cc2cccc(S(=O)(=O)Cl)c2s1. The van der Waals surface area contributed by atoms with Gasteiger partial charge in [-0.15, -0.1) is 11.3 Å². The fraction of sp³-hybridized carbons (Fsp3) is 0.111. The Morgan fingerprint density at radius 2 is 2.07 bits per heavy atom. The van der Waals surface area contributed by atoms with Crippen molar-refractivity contribution in [1.82, 2.24) is 0 Å². The molecule has 0 amide bonds. The number of benzene rings is 1. The van der Waals surface area contributed by atoms with E-state index in [2.05, 4.69) is 0 Å². The summed E-state index contributed by atoms with van der Waals surface area (Å²) in [6, 6.07) is 7.06. The lowest BCUT2D eigenvalue weighted by Crippen LogP contribution is -1.89. The summed E-state index contributed by atoms with van der Waals surface area (Å²) >= 11 is 1.44. The lowest BCUT2D eigenvalue weighted by Gasteiger charge is -1.96. The Labute approximate surface area is 90.6 Å². The van der Waals surface area contributed by atoms with Crippen molar-refractivity contribution >= 4 is 41.2 Å². The van der Waals surface area contributed by atoms with Crippen molar-refractivity contribution < 1.29 is 8.42 Å². The average Bonchev–Trinajstić information content (AvgIpc) is 2.41. The standard InChI is InChI=1S/C9H7ClO2S2/c1-6-5-7-3-2-4-8(9(7)13-6)14(10,11)12/h2-5H,1H3. The van der Waals surface area contributed by atoms with Gasteiger partial charge in [0.1, 0.15) is 4.90 Å². The summed E-state index contributed by atoms with van der Waals surface area (Å²) in [4.78, 5) is 1.28. The third-order valence-electron chi connectivity index (χ3n) is 1.89. The molecule has 0 unspecified atom stereocenters. The molecule has 1 heterocycles. The van der Waals surface area contributed by atoms with Crippen LogP contribution < -0.4 is 0 Å². The number of aryl methyl sites for hydroxylation is 1. The minimum Gasteiger partial charge on any atom is -0.207 e. The first-order valence-corrected chi connectivity index (χ1v) is 7.05. The zero-order valence-electron chi connectivity index (χ0n) is 7.32. The molecule has 74 valence electrons. The maximum atomic E-state index is 11.2. The van der Waals surface area contributed by atoms with Gasteiger partial charge in [-0.05, 0) is 24.4 Å². The number of halogens is 1. The third kappa shape index (κ3) is 1.65. The van der Waals surface area contributed by atoms with E-state index in [1.54, 1.807) is 6.07 Å². The molecule has 0 radical (unpaired) electrons. The molecule has 0 N–H and O–H groups in total. The van der Waals surface area contributed by atoms with Gasteiger partial charge in [0.05, 0.1) is 4.70 Å². The van der Waals surface area contributed by atoms with Crippen LogP contribution in [-0.2, 0) is 9.05 Å². The Balaban J connectivity index is 2.90. The highest BCUT2D eigenvalue weighted by molar-refractivity contribution is 8.14. The molecule has 1 aromatic carbocycles. The van der Waals surface area contributed by atoms with Gasteiger partial charge in [0.2, 0.25) is 0 Å². The molecule has 2 nitrogen and oxygen atoms in total. The third-order valence-corrected chi connectivity index (χ3v) is 4.49. The first kappa shape index (κ1) is 9.96. The fourth-order valence-corrected chi connectivity index (χ4v) is 3.84. The monoisotopic (exact) mass is 246 g/mol. The zero-order valence-corrected chi connectivity index (χ0v) is 9.71. The summed E-state index contributed by atoms with van der Waals surface area (Å²) in [5.74, 6) is 0. The number of hydrogen-bond donors (Lipinski definition) is 0. The van der Waals surface area contributed by atoms with Crippen LogP contribution in [0.4, 0.5) is 0 Å². The first-order chi connectivity index (χ1) is 6.48. The van der Waals surface area contributed by atoms with E-state index in [9.17, 15) is 8.42 Å². The van der Waals surface area contributed by atoms with Crippen LogP contribution >= 0.6 is 22.0 Å². The van der Waals surface area contributed by atoms with Crippen molar-refractivity contribution in [2.24, 2.45) is 0 Å². The van der Waals surface area contributed by atoms with E-state index in [1.807, 2.05) is 19.1 Å². The van der Waals surface area contributed by atoms with Gasteiger partial charge in [0.25, 0.3) is 9.05 Å². The maximum Gasteiger partial charge on any atom is 0.262 e.